The second-order valence-corrected chi connectivity index (χ2v) is 17.2. The Kier molecular flexibility index (Phi) is 8.00. The lowest BCUT2D eigenvalue weighted by Crippen LogP contribution is -2.70. The molecule has 8 aliphatic heterocycles. The number of rotatable bonds is 3. The van der Waals surface area contributed by atoms with Gasteiger partial charge in [-0.25, -0.2) is 4.79 Å². The maximum Gasteiger partial charge on any atom is 0.333 e. The van der Waals surface area contributed by atoms with E-state index >= 15 is 4.79 Å². The van der Waals surface area contributed by atoms with E-state index in [1.165, 1.54) is 18.7 Å². The van der Waals surface area contributed by atoms with Gasteiger partial charge in [0.2, 0.25) is 6.79 Å². The molecule has 4 aromatic rings. The molecule has 8 aliphatic rings. The molecule has 294 valence electrons. The van der Waals surface area contributed by atoms with Gasteiger partial charge in [0.05, 0.1) is 30.1 Å². The number of aryl methyl sites for hydroxylation is 1. The fourth-order valence-corrected chi connectivity index (χ4v) is 12.5. The zero-order valence-electron chi connectivity index (χ0n) is 31.9. The van der Waals surface area contributed by atoms with Gasteiger partial charge in [-0.2, -0.15) is 0 Å². The summed E-state index contributed by atoms with van der Waals surface area (Å²) in [7, 11) is 3.50. The van der Waals surface area contributed by atoms with Crippen molar-refractivity contribution >= 4 is 34.6 Å². The van der Waals surface area contributed by atoms with Crippen LogP contribution in [0.25, 0.3) is 10.9 Å². The smallest absolute Gasteiger partial charge is 0.333 e. The van der Waals surface area contributed by atoms with Gasteiger partial charge in [-0.05, 0) is 50.1 Å². The second kappa shape index (κ2) is 12.5. The molecule has 3 aromatic carbocycles. The molecule has 4 bridgehead atoms. The van der Waals surface area contributed by atoms with Gasteiger partial charge in [0.25, 0.3) is 0 Å². The van der Waals surface area contributed by atoms with Gasteiger partial charge in [-0.15, -0.1) is 11.8 Å². The van der Waals surface area contributed by atoms with Crippen LogP contribution in [0.3, 0.4) is 0 Å². The van der Waals surface area contributed by atoms with Gasteiger partial charge in [0, 0.05) is 77.4 Å². The first-order chi connectivity index (χ1) is 26.9. The van der Waals surface area contributed by atoms with Crippen LogP contribution in [0.15, 0.2) is 30.3 Å². The first-order valence-corrected chi connectivity index (χ1v) is 20.1. The molecule has 9 heterocycles. The molecule has 2 fully saturated rings. The van der Waals surface area contributed by atoms with E-state index in [0.29, 0.717) is 58.2 Å². The number of nitrogens with zero attached hydrogens (tertiary/aromatic N) is 2. The predicted molar refractivity (Wildman–Crippen MR) is 206 cm³/mol. The Labute approximate surface area is 327 Å². The highest BCUT2D eigenvalue weighted by Gasteiger charge is 2.64. The summed E-state index contributed by atoms with van der Waals surface area (Å²) in [5.74, 6) is 0.875. The zero-order valence-corrected chi connectivity index (χ0v) is 32.7. The number of hydrogen-bond acceptors (Lipinski definition) is 14. The number of benzene rings is 3. The number of phenolic OH excluding ortho intramolecular Hbond substituents is 1. The van der Waals surface area contributed by atoms with Crippen LogP contribution in [-0.2, 0) is 32.7 Å². The van der Waals surface area contributed by atoms with Crippen molar-refractivity contribution in [3.63, 3.8) is 0 Å². The molecular weight excluding hydrogens is 739 g/mol. The largest absolute Gasteiger partial charge is 0.504 e. The van der Waals surface area contributed by atoms with Crippen molar-refractivity contribution in [3.05, 3.63) is 75.0 Å². The van der Waals surface area contributed by atoms with E-state index in [1.54, 1.807) is 7.11 Å². The fourth-order valence-electron chi connectivity index (χ4n) is 10.8. The molecule has 12 rings (SSSR count). The highest BCUT2D eigenvalue weighted by atomic mass is 32.2. The molecule has 2 unspecified atom stereocenters. The van der Waals surface area contributed by atoms with E-state index in [-0.39, 0.29) is 43.9 Å². The Morgan fingerprint density at radius 3 is 2.68 bits per heavy atom. The monoisotopic (exact) mass is 783 g/mol. The number of ether oxygens (including phenoxy) is 5. The Balaban J connectivity index is 1.26. The van der Waals surface area contributed by atoms with E-state index in [9.17, 15) is 15.0 Å². The third kappa shape index (κ3) is 4.75. The lowest BCUT2D eigenvalue weighted by Gasteiger charge is -2.60. The number of thioether (sulfide) groups is 1. The summed E-state index contributed by atoms with van der Waals surface area (Å²) in [4.78, 5) is 35.8. The average molecular weight is 784 g/mol. The molecule has 56 heavy (non-hydrogen) atoms. The minimum Gasteiger partial charge on any atom is -0.504 e. The third-order valence-electron chi connectivity index (χ3n) is 12.9. The first-order valence-electron chi connectivity index (χ1n) is 19.0. The number of para-hydroxylation sites is 1. The average Bonchev–Trinajstić information content (AvgIpc) is 3.76. The standard InChI is InChI=1S/C41H45N5O9S/c1-18-10-21-12-40(50)15-45(4)30(27(21)32(48)33(18)51-5)31-37-29-28(36-35(53-17-54-36)19(2)34(29)55-20(3)47)26(46(31)40)14-52-39(49)41(16-56-37)38-24(11-22(13-42)44-41)23-8-6-7-9-25(23)43-38/h6-10,22,26,30-31,37,43-44,48,50H,11-17,42H2,1-5H3/t22-,26+,30+,31-,37-,40?,41-/m1/s1. The first kappa shape index (κ1) is 35.9. The number of H-pyrrole nitrogens is 1. The molecular formula is C41H45N5O9S. The highest BCUT2D eigenvalue weighted by Crippen LogP contribution is 2.65. The summed E-state index contributed by atoms with van der Waals surface area (Å²) in [5, 5.41) is 29.4. The highest BCUT2D eigenvalue weighted by molar-refractivity contribution is 7.99. The molecule has 2 saturated heterocycles. The normalized spacial score (nSPS) is 31.3. The summed E-state index contributed by atoms with van der Waals surface area (Å²) in [5.41, 5.74) is 10.4. The number of fused-ring (bicyclic) bond motifs is 8. The van der Waals surface area contributed by atoms with Crippen LogP contribution in [0.5, 0.6) is 28.7 Å². The molecule has 0 saturated carbocycles. The van der Waals surface area contributed by atoms with Crippen LogP contribution in [0, 0.1) is 13.8 Å². The van der Waals surface area contributed by atoms with Crippen LogP contribution < -0.4 is 30.0 Å². The molecule has 0 radical (unpaired) electrons. The minimum absolute atomic E-state index is 0.0241. The summed E-state index contributed by atoms with van der Waals surface area (Å²) in [6.45, 7) is 5.39. The number of phenols is 1. The van der Waals surface area contributed by atoms with Crippen molar-refractivity contribution in [2.24, 2.45) is 5.73 Å². The zero-order chi connectivity index (χ0) is 39.0. The number of piperazine rings is 1. The van der Waals surface area contributed by atoms with Crippen LogP contribution in [-0.4, -0.2) is 101 Å². The summed E-state index contributed by atoms with van der Waals surface area (Å²) >= 11 is 1.52. The number of carbonyl (C=O) groups excluding carboxylic acids is 2. The number of hydrogen-bond donors (Lipinski definition) is 5. The number of likely N-dealkylation sites (N-methyl/N-ethyl adjacent to an activating group) is 1. The van der Waals surface area contributed by atoms with Gasteiger partial charge in [0.1, 0.15) is 18.1 Å². The number of esters is 2. The second-order valence-electron chi connectivity index (χ2n) is 16.1. The molecule has 1 aromatic heterocycles. The van der Waals surface area contributed by atoms with Gasteiger partial charge in [0.15, 0.2) is 28.5 Å². The van der Waals surface area contributed by atoms with E-state index in [0.717, 1.165) is 33.3 Å². The van der Waals surface area contributed by atoms with E-state index in [2.05, 4.69) is 26.2 Å². The Hall–Kier alpha value is -4.51. The number of carbonyl (C=O) groups is 2. The van der Waals surface area contributed by atoms with Crippen molar-refractivity contribution in [1.82, 2.24) is 20.1 Å². The maximum absolute atomic E-state index is 15.0. The molecule has 8 atom stereocenters. The molecule has 14 nitrogen and oxygen atoms in total. The summed E-state index contributed by atoms with van der Waals surface area (Å²) < 4.78 is 30.8. The van der Waals surface area contributed by atoms with Gasteiger partial charge < -0.3 is 44.6 Å². The third-order valence-corrected chi connectivity index (χ3v) is 14.3. The van der Waals surface area contributed by atoms with Crippen molar-refractivity contribution in [1.29, 1.82) is 0 Å². The predicted octanol–water partition coefficient (Wildman–Crippen LogP) is 3.51. The van der Waals surface area contributed by atoms with Crippen LogP contribution in [0.4, 0.5) is 0 Å². The Bertz CT molecular complexity index is 2370. The summed E-state index contributed by atoms with van der Waals surface area (Å²) in [6, 6.07) is 7.94. The van der Waals surface area contributed by atoms with Gasteiger partial charge >= 0.3 is 11.9 Å². The molecule has 1 spiro atoms. The Morgan fingerprint density at radius 2 is 1.91 bits per heavy atom. The van der Waals surface area contributed by atoms with Gasteiger partial charge in [-0.3, -0.25) is 19.9 Å². The summed E-state index contributed by atoms with van der Waals surface area (Å²) in [6.07, 6.45) is 0.802. The maximum atomic E-state index is 15.0. The fraction of sp³-hybridized carbons (Fsp3) is 0.463. The lowest BCUT2D eigenvalue weighted by molar-refractivity contribution is -0.215. The van der Waals surface area contributed by atoms with E-state index in [4.69, 9.17) is 29.4 Å². The van der Waals surface area contributed by atoms with Crippen LogP contribution in [0.2, 0.25) is 0 Å². The number of aromatic nitrogens is 1. The van der Waals surface area contributed by atoms with E-state index in [1.807, 2.05) is 45.2 Å². The number of methoxy groups -OCH3 is 1. The number of aromatic hydroxyl groups is 1. The molecule has 0 amide bonds. The minimum atomic E-state index is -1.50. The number of nitrogens with one attached hydrogen (secondary N) is 2. The Morgan fingerprint density at radius 1 is 1.12 bits per heavy atom. The van der Waals surface area contributed by atoms with E-state index < -0.39 is 46.6 Å². The SMILES string of the molecule is COc1c(C)cc2c(c1O)[C@H]1[C@@H]3[C@@H]4SC[C@]5(N[C@@H](CN)Cc6c5[nH]c5ccccc65)C(=O)OC[C@@H](c5c6c(c(C)c(OC(C)=O)c54)OCO6)N3C(O)(C2)CN1C. The van der Waals surface area contributed by atoms with Crippen molar-refractivity contribution < 1.29 is 43.5 Å². The topological polar surface area (TPSA) is 181 Å². The number of aromatic amines is 1. The van der Waals surface area contributed by atoms with Gasteiger partial charge in [-0.1, -0.05) is 24.3 Å². The lowest BCUT2D eigenvalue weighted by atomic mass is 9.78. The van der Waals surface area contributed by atoms with Crippen molar-refractivity contribution in [2.75, 3.05) is 46.4 Å². The molecule has 0 aliphatic carbocycles. The number of aliphatic hydroxyl groups is 1. The molecule has 15 heteroatoms. The van der Waals surface area contributed by atoms with Crippen molar-refractivity contribution in [2.45, 2.75) is 74.3 Å². The molecule has 6 N–H and O–H groups in total. The van der Waals surface area contributed by atoms with Crippen LogP contribution in [0.1, 0.15) is 68.9 Å². The van der Waals surface area contributed by atoms with Crippen molar-refractivity contribution in [3.8, 4) is 28.7 Å². The number of nitrogens with two attached hydrogens (primary N) is 1. The van der Waals surface area contributed by atoms with Crippen LogP contribution >= 0.6 is 11.8 Å². The quantitative estimate of drug-likeness (QED) is 0.151.